The lowest BCUT2D eigenvalue weighted by molar-refractivity contribution is -0.137. The lowest BCUT2D eigenvalue weighted by Crippen LogP contribution is -2.40. The van der Waals surface area contributed by atoms with Gasteiger partial charge < -0.3 is 10.2 Å². The maximum absolute atomic E-state index is 13.0. The van der Waals surface area contributed by atoms with Gasteiger partial charge in [0, 0.05) is 25.2 Å². The first kappa shape index (κ1) is 26.1. The fraction of sp³-hybridized carbons (Fsp3) is 0.407. The highest BCUT2D eigenvalue weighted by Gasteiger charge is 2.32. The third-order valence-electron chi connectivity index (χ3n) is 6.76. The van der Waals surface area contributed by atoms with Gasteiger partial charge in [0.25, 0.3) is 5.91 Å². The number of hydrogen-bond acceptors (Lipinski definition) is 3. The minimum absolute atomic E-state index is 0.0138. The number of nitrogens with one attached hydrogen (secondary N) is 2. The van der Waals surface area contributed by atoms with Crippen molar-refractivity contribution < 1.29 is 18.0 Å². The molecule has 9 heteroatoms. The quantitative estimate of drug-likeness (QED) is 0.339. The summed E-state index contributed by atoms with van der Waals surface area (Å²) in [5.74, 6) is 0.891. The van der Waals surface area contributed by atoms with Crippen LogP contribution < -0.4 is 10.2 Å². The van der Waals surface area contributed by atoms with Crippen LogP contribution in [-0.4, -0.2) is 35.2 Å². The summed E-state index contributed by atoms with van der Waals surface area (Å²) in [7, 11) is 0. The molecule has 2 N–H and O–H groups in total. The predicted octanol–water partition coefficient (Wildman–Crippen LogP) is 6.51. The van der Waals surface area contributed by atoms with Gasteiger partial charge in [-0.1, -0.05) is 41.9 Å². The summed E-state index contributed by atoms with van der Waals surface area (Å²) in [6.07, 6.45) is 2.63. The molecule has 1 aromatic heterocycles. The molecule has 1 aliphatic carbocycles. The first-order valence-electron chi connectivity index (χ1n) is 12.3. The van der Waals surface area contributed by atoms with Crippen molar-refractivity contribution in [2.45, 2.75) is 50.7 Å². The number of benzene rings is 2. The Morgan fingerprint density at radius 1 is 1.08 bits per heavy atom. The highest BCUT2D eigenvalue weighted by Crippen LogP contribution is 2.32. The van der Waals surface area contributed by atoms with Crippen LogP contribution in [0.25, 0.3) is 0 Å². The Kier molecular flexibility index (Phi) is 8.56. The number of rotatable bonds is 9. The molecular formula is C27H30ClF3N4O. The summed E-state index contributed by atoms with van der Waals surface area (Å²) < 4.78 is 39.1. The van der Waals surface area contributed by atoms with Crippen molar-refractivity contribution in [2.24, 2.45) is 5.92 Å². The molecule has 192 valence electrons. The van der Waals surface area contributed by atoms with Gasteiger partial charge in [0.2, 0.25) is 0 Å². The first-order chi connectivity index (χ1) is 17.3. The number of aromatic amines is 1. The van der Waals surface area contributed by atoms with Crippen LogP contribution in [0.15, 0.2) is 60.8 Å². The van der Waals surface area contributed by atoms with E-state index in [4.69, 9.17) is 11.6 Å². The van der Waals surface area contributed by atoms with Gasteiger partial charge in [-0.15, -0.1) is 0 Å². The largest absolute Gasteiger partial charge is 0.416 e. The van der Waals surface area contributed by atoms with Crippen LogP contribution in [0, 0.1) is 5.92 Å². The van der Waals surface area contributed by atoms with E-state index >= 15 is 0 Å². The van der Waals surface area contributed by atoms with E-state index in [1.165, 1.54) is 5.56 Å². The molecule has 4 rings (SSSR count). The second-order valence-electron chi connectivity index (χ2n) is 9.36. The summed E-state index contributed by atoms with van der Waals surface area (Å²) in [6.45, 7) is 1.79. The van der Waals surface area contributed by atoms with Gasteiger partial charge in [0.15, 0.2) is 0 Å². The SMILES string of the molecule is O=C(N[C@H]1CC[C@H](CN(CCCc2ccccc2)c2ccn[nH]2)CC1)c1cc(C(F)(F)F)ccc1Cl. The monoisotopic (exact) mass is 518 g/mol. The Morgan fingerprint density at radius 3 is 2.50 bits per heavy atom. The number of nitrogens with zero attached hydrogens (tertiary/aromatic N) is 2. The van der Waals surface area contributed by atoms with Crippen LogP contribution in [0.4, 0.5) is 19.0 Å². The Labute approximate surface area is 214 Å². The molecule has 0 aliphatic heterocycles. The summed E-state index contributed by atoms with van der Waals surface area (Å²) >= 11 is 6.03. The molecule has 1 saturated carbocycles. The van der Waals surface area contributed by atoms with Crippen molar-refractivity contribution in [1.29, 1.82) is 0 Å². The summed E-state index contributed by atoms with van der Waals surface area (Å²) in [5, 5.41) is 10.1. The van der Waals surface area contributed by atoms with Crippen molar-refractivity contribution in [2.75, 3.05) is 18.0 Å². The van der Waals surface area contributed by atoms with Crippen LogP contribution in [0.5, 0.6) is 0 Å². The molecule has 1 aliphatic rings. The fourth-order valence-electron chi connectivity index (χ4n) is 4.79. The number of anilines is 1. The zero-order valence-corrected chi connectivity index (χ0v) is 20.7. The Hall–Kier alpha value is -3.00. The van der Waals surface area contributed by atoms with Gasteiger partial charge in [-0.25, -0.2) is 0 Å². The van der Waals surface area contributed by atoms with Gasteiger partial charge in [0.05, 0.1) is 22.3 Å². The van der Waals surface area contributed by atoms with E-state index in [2.05, 4.69) is 44.7 Å². The molecule has 0 saturated heterocycles. The number of amides is 1. The average Bonchev–Trinajstić information content (AvgIpc) is 3.40. The second-order valence-corrected chi connectivity index (χ2v) is 9.77. The van der Waals surface area contributed by atoms with Crippen molar-refractivity contribution in [3.05, 3.63) is 82.5 Å². The molecule has 2 aromatic carbocycles. The van der Waals surface area contributed by atoms with Crippen LogP contribution >= 0.6 is 11.6 Å². The zero-order chi connectivity index (χ0) is 25.5. The molecule has 0 spiro atoms. The number of aryl methyl sites for hydroxylation is 1. The average molecular weight is 519 g/mol. The van der Waals surface area contributed by atoms with Crippen molar-refractivity contribution >= 4 is 23.3 Å². The highest BCUT2D eigenvalue weighted by molar-refractivity contribution is 6.33. The molecule has 0 radical (unpaired) electrons. The fourth-order valence-corrected chi connectivity index (χ4v) is 5.00. The van der Waals surface area contributed by atoms with E-state index in [1.807, 2.05) is 12.1 Å². The Bertz CT molecular complexity index is 1110. The molecule has 0 unspecified atom stereocenters. The van der Waals surface area contributed by atoms with Gasteiger partial charge in [-0.3, -0.25) is 9.89 Å². The number of halogens is 4. The van der Waals surface area contributed by atoms with E-state index in [0.717, 1.165) is 75.6 Å². The van der Waals surface area contributed by atoms with Gasteiger partial charge >= 0.3 is 6.18 Å². The smallest absolute Gasteiger partial charge is 0.357 e. The van der Waals surface area contributed by atoms with Crippen LogP contribution in [0.2, 0.25) is 5.02 Å². The molecular weight excluding hydrogens is 489 g/mol. The first-order valence-corrected chi connectivity index (χ1v) is 12.6. The summed E-state index contributed by atoms with van der Waals surface area (Å²) in [5.41, 5.74) is 0.295. The zero-order valence-electron chi connectivity index (χ0n) is 19.9. The van der Waals surface area contributed by atoms with Gasteiger partial charge in [-0.05, 0) is 68.2 Å². The molecule has 5 nitrogen and oxygen atoms in total. The number of H-pyrrole nitrogens is 1. The number of carbonyl (C=O) groups excluding carboxylic acids is 1. The molecule has 36 heavy (non-hydrogen) atoms. The molecule has 0 bridgehead atoms. The van der Waals surface area contributed by atoms with E-state index in [9.17, 15) is 18.0 Å². The number of carbonyl (C=O) groups is 1. The number of hydrogen-bond donors (Lipinski definition) is 2. The maximum atomic E-state index is 13.0. The normalized spacial score (nSPS) is 18.1. The van der Waals surface area contributed by atoms with Crippen LogP contribution in [0.3, 0.4) is 0 Å². The lowest BCUT2D eigenvalue weighted by Gasteiger charge is -2.33. The second kappa shape index (κ2) is 11.8. The van der Waals surface area contributed by atoms with E-state index < -0.39 is 17.6 Å². The number of alkyl halides is 3. The van der Waals surface area contributed by atoms with E-state index in [-0.39, 0.29) is 16.6 Å². The highest BCUT2D eigenvalue weighted by atomic mass is 35.5. The third kappa shape index (κ3) is 7.03. The Morgan fingerprint density at radius 2 is 1.83 bits per heavy atom. The Balaban J connectivity index is 1.29. The standard InChI is InChI=1S/C27H30ClF3N4O/c28-24-13-10-21(27(29,30)31)17-23(24)26(36)33-22-11-8-20(9-12-22)18-35(25-14-15-32-34-25)16-4-7-19-5-2-1-3-6-19/h1-3,5-6,10,13-15,17,20,22H,4,7-9,11-12,16,18H2,(H,32,34)(H,33,36)/t20-,22-. The lowest BCUT2D eigenvalue weighted by atomic mass is 9.85. The summed E-state index contributed by atoms with van der Waals surface area (Å²) in [6, 6.07) is 15.1. The minimum atomic E-state index is -4.53. The summed E-state index contributed by atoms with van der Waals surface area (Å²) in [4.78, 5) is 15.0. The van der Waals surface area contributed by atoms with E-state index in [1.54, 1.807) is 6.20 Å². The van der Waals surface area contributed by atoms with Crippen molar-refractivity contribution in [3.8, 4) is 0 Å². The molecule has 1 fully saturated rings. The maximum Gasteiger partial charge on any atom is 0.416 e. The van der Waals surface area contributed by atoms with Gasteiger partial charge in [-0.2, -0.15) is 18.3 Å². The predicted molar refractivity (Wildman–Crippen MR) is 135 cm³/mol. The van der Waals surface area contributed by atoms with Gasteiger partial charge in [0.1, 0.15) is 5.82 Å². The van der Waals surface area contributed by atoms with Crippen molar-refractivity contribution in [3.63, 3.8) is 0 Å². The number of aromatic nitrogens is 2. The molecule has 3 aromatic rings. The molecule has 1 heterocycles. The van der Waals surface area contributed by atoms with Crippen LogP contribution in [-0.2, 0) is 12.6 Å². The van der Waals surface area contributed by atoms with Crippen LogP contribution in [0.1, 0.15) is 53.6 Å². The molecule has 0 atom stereocenters. The minimum Gasteiger partial charge on any atom is -0.357 e. The van der Waals surface area contributed by atoms with Crippen molar-refractivity contribution in [1.82, 2.24) is 15.5 Å². The molecule has 1 amide bonds. The topological polar surface area (TPSA) is 61.0 Å². The third-order valence-corrected chi connectivity index (χ3v) is 7.09. The van der Waals surface area contributed by atoms with E-state index in [0.29, 0.717) is 5.92 Å².